The van der Waals surface area contributed by atoms with Crippen LogP contribution in [0.4, 0.5) is 0 Å². The standard InChI is InChI=1S/C5H8O3.H4N2/c1-4(3-6)5(7)8-2;1-2/h3-4H,1-2H3;1-2H2. The van der Waals surface area contributed by atoms with E-state index in [1.807, 2.05) is 0 Å². The van der Waals surface area contributed by atoms with Gasteiger partial charge in [-0.15, -0.1) is 0 Å². The van der Waals surface area contributed by atoms with Crippen molar-refractivity contribution in [2.45, 2.75) is 6.92 Å². The molecule has 0 saturated heterocycles. The number of carbonyl (C=O) groups excluding carboxylic acids is 2. The van der Waals surface area contributed by atoms with Gasteiger partial charge >= 0.3 is 5.97 Å². The third-order valence-corrected chi connectivity index (χ3v) is 0.777. The van der Waals surface area contributed by atoms with Crippen molar-refractivity contribution >= 4 is 12.3 Å². The first-order valence-electron chi connectivity index (χ1n) is 2.58. The van der Waals surface area contributed by atoms with Gasteiger partial charge in [-0.05, 0) is 6.92 Å². The lowest BCUT2D eigenvalue weighted by Gasteiger charge is -1.97. The summed E-state index contributed by atoms with van der Waals surface area (Å²) in [6.45, 7) is 1.48. The normalized spacial score (nSPS) is 10.4. The molecule has 1 atom stereocenters. The van der Waals surface area contributed by atoms with Crippen LogP contribution in [0.25, 0.3) is 0 Å². The zero-order chi connectivity index (χ0) is 8.57. The Kier molecular flexibility index (Phi) is 9.52. The number of nitrogens with two attached hydrogens (primary N) is 2. The molecule has 0 aliphatic carbocycles. The maximum atomic E-state index is 10.3. The summed E-state index contributed by atoms with van der Waals surface area (Å²) < 4.78 is 4.23. The van der Waals surface area contributed by atoms with Crippen LogP contribution in [0.2, 0.25) is 0 Å². The Morgan fingerprint density at radius 3 is 2.10 bits per heavy atom. The fourth-order valence-electron chi connectivity index (χ4n) is 0.241. The summed E-state index contributed by atoms with van der Waals surface area (Å²) in [4.78, 5) is 20.1. The van der Waals surface area contributed by atoms with Crippen molar-refractivity contribution < 1.29 is 14.3 Å². The Labute approximate surface area is 59.3 Å². The SMILES string of the molecule is COC(=O)C(C)C=O.NN. The summed E-state index contributed by atoms with van der Waals surface area (Å²) in [5.74, 6) is 6.89. The summed E-state index contributed by atoms with van der Waals surface area (Å²) in [5.41, 5.74) is 0. The Hall–Kier alpha value is -0.940. The van der Waals surface area contributed by atoms with Crippen LogP contribution in [0.5, 0.6) is 0 Å². The molecule has 0 spiro atoms. The summed E-state index contributed by atoms with van der Waals surface area (Å²) in [5, 5.41) is 0. The maximum Gasteiger partial charge on any atom is 0.315 e. The topological polar surface area (TPSA) is 95.4 Å². The van der Waals surface area contributed by atoms with E-state index >= 15 is 0 Å². The van der Waals surface area contributed by atoms with Crippen LogP contribution in [-0.4, -0.2) is 19.4 Å². The number of rotatable bonds is 2. The van der Waals surface area contributed by atoms with Gasteiger partial charge in [0, 0.05) is 0 Å². The second-order valence-corrected chi connectivity index (χ2v) is 1.45. The average Bonchev–Trinajstić information content (AvgIpc) is 2.05. The lowest BCUT2D eigenvalue weighted by atomic mass is 10.2. The summed E-state index contributed by atoms with van der Waals surface area (Å²) >= 11 is 0. The molecule has 0 heterocycles. The van der Waals surface area contributed by atoms with E-state index in [0.29, 0.717) is 6.29 Å². The van der Waals surface area contributed by atoms with Crippen molar-refractivity contribution in [3.8, 4) is 0 Å². The van der Waals surface area contributed by atoms with E-state index in [9.17, 15) is 9.59 Å². The molecule has 0 rings (SSSR count). The highest BCUT2D eigenvalue weighted by atomic mass is 16.5. The Bertz CT molecular complexity index is 105. The highest BCUT2D eigenvalue weighted by Crippen LogP contribution is 1.89. The van der Waals surface area contributed by atoms with Crippen molar-refractivity contribution in [3.63, 3.8) is 0 Å². The number of hydrazine groups is 1. The molecule has 0 aromatic carbocycles. The minimum Gasteiger partial charge on any atom is -0.468 e. The summed E-state index contributed by atoms with van der Waals surface area (Å²) in [6.07, 6.45) is 0.547. The number of hydrogen-bond donors (Lipinski definition) is 2. The molecule has 5 nitrogen and oxygen atoms in total. The molecule has 0 bridgehead atoms. The zero-order valence-corrected chi connectivity index (χ0v) is 6.03. The smallest absolute Gasteiger partial charge is 0.315 e. The average molecular weight is 148 g/mol. The molecule has 10 heavy (non-hydrogen) atoms. The Morgan fingerprint density at radius 1 is 1.60 bits per heavy atom. The van der Waals surface area contributed by atoms with Crippen LogP contribution < -0.4 is 11.7 Å². The molecule has 0 amide bonds. The van der Waals surface area contributed by atoms with Crippen molar-refractivity contribution in [2.75, 3.05) is 7.11 Å². The monoisotopic (exact) mass is 148 g/mol. The number of methoxy groups -OCH3 is 1. The number of hydrogen-bond acceptors (Lipinski definition) is 5. The first-order valence-corrected chi connectivity index (χ1v) is 2.58. The lowest BCUT2D eigenvalue weighted by Crippen LogP contribution is -2.13. The van der Waals surface area contributed by atoms with E-state index in [2.05, 4.69) is 16.4 Å². The quantitative estimate of drug-likeness (QED) is 0.169. The molecule has 4 N–H and O–H groups in total. The predicted molar refractivity (Wildman–Crippen MR) is 35.6 cm³/mol. The van der Waals surface area contributed by atoms with Crippen LogP contribution in [0.15, 0.2) is 0 Å². The van der Waals surface area contributed by atoms with E-state index in [0.717, 1.165) is 0 Å². The van der Waals surface area contributed by atoms with E-state index in [-0.39, 0.29) is 0 Å². The van der Waals surface area contributed by atoms with E-state index < -0.39 is 11.9 Å². The van der Waals surface area contributed by atoms with Crippen LogP contribution in [-0.2, 0) is 14.3 Å². The van der Waals surface area contributed by atoms with Gasteiger partial charge in [0.2, 0.25) is 0 Å². The number of carbonyl (C=O) groups is 2. The molecule has 1 unspecified atom stereocenters. The maximum absolute atomic E-state index is 10.3. The highest BCUT2D eigenvalue weighted by Gasteiger charge is 2.09. The van der Waals surface area contributed by atoms with Crippen molar-refractivity contribution in [1.82, 2.24) is 0 Å². The van der Waals surface area contributed by atoms with Crippen LogP contribution >= 0.6 is 0 Å². The van der Waals surface area contributed by atoms with E-state index in [1.54, 1.807) is 0 Å². The van der Waals surface area contributed by atoms with E-state index in [4.69, 9.17) is 0 Å². The molecule has 0 fully saturated rings. The van der Waals surface area contributed by atoms with Gasteiger partial charge in [0.1, 0.15) is 12.2 Å². The van der Waals surface area contributed by atoms with Gasteiger partial charge < -0.3 is 9.53 Å². The van der Waals surface area contributed by atoms with Crippen LogP contribution in [0.1, 0.15) is 6.92 Å². The van der Waals surface area contributed by atoms with Gasteiger partial charge in [-0.3, -0.25) is 16.5 Å². The van der Waals surface area contributed by atoms with E-state index in [1.165, 1.54) is 14.0 Å². The predicted octanol–water partition coefficient (Wildman–Crippen LogP) is -1.19. The van der Waals surface area contributed by atoms with Crippen molar-refractivity contribution in [1.29, 1.82) is 0 Å². The summed E-state index contributed by atoms with van der Waals surface area (Å²) in [7, 11) is 1.25. The third-order valence-electron chi connectivity index (χ3n) is 0.777. The largest absolute Gasteiger partial charge is 0.468 e. The Balaban J connectivity index is 0. The Morgan fingerprint density at radius 2 is 2.00 bits per heavy atom. The molecular formula is C5H12N2O3. The molecule has 0 aliphatic heterocycles. The molecular weight excluding hydrogens is 136 g/mol. The molecule has 0 saturated carbocycles. The molecule has 5 heteroatoms. The number of ether oxygens (including phenoxy) is 1. The zero-order valence-electron chi connectivity index (χ0n) is 6.03. The van der Waals surface area contributed by atoms with Crippen LogP contribution in [0, 0.1) is 5.92 Å². The fourth-order valence-corrected chi connectivity index (χ4v) is 0.241. The van der Waals surface area contributed by atoms with Gasteiger partial charge in [0.15, 0.2) is 0 Å². The van der Waals surface area contributed by atoms with Gasteiger partial charge in [0.25, 0.3) is 0 Å². The summed E-state index contributed by atoms with van der Waals surface area (Å²) in [6, 6.07) is 0. The minimum atomic E-state index is -0.625. The number of aldehydes is 1. The molecule has 0 aromatic rings. The lowest BCUT2D eigenvalue weighted by molar-refractivity contribution is -0.146. The van der Waals surface area contributed by atoms with Gasteiger partial charge in [0.05, 0.1) is 7.11 Å². The fraction of sp³-hybridized carbons (Fsp3) is 0.600. The van der Waals surface area contributed by atoms with Gasteiger partial charge in [-0.2, -0.15) is 0 Å². The van der Waals surface area contributed by atoms with Crippen molar-refractivity contribution in [2.24, 2.45) is 17.6 Å². The van der Waals surface area contributed by atoms with Gasteiger partial charge in [-0.25, -0.2) is 0 Å². The van der Waals surface area contributed by atoms with Crippen LogP contribution in [0.3, 0.4) is 0 Å². The second-order valence-electron chi connectivity index (χ2n) is 1.45. The molecule has 60 valence electrons. The second kappa shape index (κ2) is 8.06. The first kappa shape index (κ1) is 11.8. The minimum absolute atomic E-state index is 0.486. The molecule has 0 aliphatic rings. The number of esters is 1. The van der Waals surface area contributed by atoms with Crippen molar-refractivity contribution in [3.05, 3.63) is 0 Å². The first-order chi connectivity index (χ1) is 4.72. The third kappa shape index (κ3) is 5.20. The highest BCUT2D eigenvalue weighted by molar-refractivity contribution is 5.86. The molecule has 0 radical (unpaired) electrons. The van der Waals surface area contributed by atoms with Gasteiger partial charge in [-0.1, -0.05) is 0 Å². The molecule has 0 aromatic heterocycles.